The predicted molar refractivity (Wildman–Crippen MR) is 112 cm³/mol. The fourth-order valence-electron chi connectivity index (χ4n) is 3.53. The molecule has 0 aliphatic carbocycles. The maximum absolute atomic E-state index is 12.6. The number of carbonyl (C=O) groups excluding carboxylic acids is 1. The van der Waals surface area contributed by atoms with Crippen LogP contribution in [0.1, 0.15) is 12.0 Å². The third-order valence-corrected chi connectivity index (χ3v) is 5.43. The summed E-state index contributed by atoms with van der Waals surface area (Å²) in [6.45, 7) is 3.07. The molecular formula is C22H23ClN4O. The number of halogens is 1. The van der Waals surface area contributed by atoms with E-state index in [-0.39, 0.29) is 5.91 Å². The highest BCUT2D eigenvalue weighted by Crippen LogP contribution is 2.26. The molecule has 0 saturated carbocycles. The second-order valence-corrected chi connectivity index (χ2v) is 7.36. The van der Waals surface area contributed by atoms with Gasteiger partial charge < -0.3 is 9.80 Å². The SMILES string of the molecule is O=C(CCc1cnn(-c2ccccc2)c1)N1CCN(c2ccccc2Cl)CC1. The van der Waals surface area contributed by atoms with Crippen LogP contribution in [0.3, 0.4) is 0 Å². The lowest BCUT2D eigenvalue weighted by molar-refractivity contribution is -0.131. The maximum atomic E-state index is 12.6. The normalized spacial score (nSPS) is 14.3. The number of carbonyl (C=O) groups is 1. The molecule has 1 aromatic heterocycles. The van der Waals surface area contributed by atoms with Crippen LogP contribution < -0.4 is 4.90 Å². The molecule has 5 nitrogen and oxygen atoms in total. The average molecular weight is 395 g/mol. The molecule has 1 saturated heterocycles. The van der Waals surface area contributed by atoms with Gasteiger partial charge in [0.25, 0.3) is 0 Å². The van der Waals surface area contributed by atoms with E-state index in [0.717, 1.165) is 48.1 Å². The molecule has 3 aromatic rings. The number of nitrogens with zero attached hydrogens (tertiary/aromatic N) is 4. The second kappa shape index (κ2) is 8.48. The molecule has 4 rings (SSSR count). The van der Waals surface area contributed by atoms with Crippen LogP contribution in [0.15, 0.2) is 67.0 Å². The molecule has 6 heteroatoms. The molecule has 1 aliphatic heterocycles. The van der Waals surface area contributed by atoms with Gasteiger partial charge in [0, 0.05) is 38.8 Å². The molecule has 0 radical (unpaired) electrons. The summed E-state index contributed by atoms with van der Waals surface area (Å²) in [4.78, 5) is 16.8. The van der Waals surface area contributed by atoms with Crippen LogP contribution in [0, 0.1) is 0 Å². The molecule has 1 amide bonds. The van der Waals surface area contributed by atoms with Crippen LogP contribution in [-0.4, -0.2) is 46.8 Å². The van der Waals surface area contributed by atoms with E-state index in [9.17, 15) is 4.79 Å². The van der Waals surface area contributed by atoms with Crippen LogP contribution >= 0.6 is 11.6 Å². The number of aromatic nitrogens is 2. The summed E-state index contributed by atoms with van der Waals surface area (Å²) in [6, 6.07) is 17.9. The lowest BCUT2D eigenvalue weighted by Crippen LogP contribution is -2.48. The quantitative estimate of drug-likeness (QED) is 0.660. The Labute approximate surface area is 170 Å². The van der Waals surface area contributed by atoms with Crippen molar-refractivity contribution in [3.05, 3.63) is 77.6 Å². The number of aryl methyl sites for hydroxylation is 1. The lowest BCUT2D eigenvalue weighted by Gasteiger charge is -2.36. The number of piperazine rings is 1. The summed E-state index contributed by atoms with van der Waals surface area (Å²) in [5, 5.41) is 5.16. The lowest BCUT2D eigenvalue weighted by atomic mass is 10.1. The van der Waals surface area contributed by atoms with Gasteiger partial charge in [0.1, 0.15) is 0 Å². The summed E-state index contributed by atoms with van der Waals surface area (Å²) in [5.41, 5.74) is 3.15. The van der Waals surface area contributed by atoms with Gasteiger partial charge in [-0.15, -0.1) is 0 Å². The number of hydrogen-bond acceptors (Lipinski definition) is 3. The Kier molecular flexibility index (Phi) is 5.63. The first-order valence-corrected chi connectivity index (χ1v) is 9.95. The third kappa shape index (κ3) is 4.20. The topological polar surface area (TPSA) is 41.4 Å². The van der Waals surface area contributed by atoms with Crippen LogP contribution in [-0.2, 0) is 11.2 Å². The molecule has 0 N–H and O–H groups in total. The summed E-state index contributed by atoms with van der Waals surface area (Å²) in [6.07, 6.45) is 5.05. The Morgan fingerprint density at radius 3 is 2.43 bits per heavy atom. The minimum absolute atomic E-state index is 0.200. The maximum Gasteiger partial charge on any atom is 0.223 e. The number of hydrogen-bond donors (Lipinski definition) is 0. The van der Waals surface area contributed by atoms with Gasteiger partial charge in [0.2, 0.25) is 5.91 Å². The van der Waals surface area contributed by atoms with E-state index in [1.54, 1.807) is 0 Å². The van der Waals surface area contributed by atoms with Crippen LogP contribution in [0.5, 0.6) is 0 Å². The van der Waals surface area contributed by atoms with Crippen molar-refractivity contribution in [3.63, 3.8) is 0 Å². The van der Waals surface area contributed by atoms with Crippen molar-refractivity contribution >= 4 is 23.2 Å². The summed E-state index contributed by atoms with van der Waals surface area (Å²) < 4.78 is 1.85. The number of rotatable bonds is 5. The largest absolute Gasteiger partial charge is 0.367 e. The number of amides is 1. The summed E-state index contributed by atoms with van der Waals surface area (Å²) in [5.74, 6) is 0.200. The van der Waals surface area contributed by atoms with E-state index in [0.29, 0.717) is 12.8 Å². The van der Waals surface area contributed by atoms with E-state index in [1.165, 1.54) is 0 Å². The molecule has 0 unspecified atom stereocenters. The Bertz CT molecular complexity index is 932. The fourth-order valence-corrected chi connectivity index (χ4v) is 3.78. The Hall–Kier alpha value is -2.79. The van der Waals surface area contributed by atoms with Crippen molar-refractivity contribution in [2.24, 2.45) is 0 Å². The van der Waals surface area contributed by atoms with Crippen LogP contribution in [0.25, 0.3) is 5.69 Å². The Balaban J connectivity index is 1.28. The third-order valence-electron chi connectivity index (χ3n) is 5.11. The van der Waals surface area contributed by atoms with Crippen molar-refractivity contribution in [1.29, 1.82) is 0 Å². The Morgan fingerprint density at radius 1 is 0.964 bits per heavy atom. The van der Waals surface area contributed by atoms with Crippen molar-refractivity contribution in [2.45, 2.75) is 12.8 Å². The zero-order valence-electron chi connectivity index (χ0n) is 15.7. The van der Waals surface area contributed by atoms with Crippen molar-refractivity contribution in [3.8, 4) is 5.69 Å². The molecule has 0 atom stereocenters. The van der Waals surface area contributed by atoms with Crippen molar-refractivity contribution in [2.75, 3.05) is 31.1 Å². The predicted octanol–water partition coefficient (Wildman–Crippen LogP) is 3.81. The minimum Gasteiger partial charge on any atom is -0.367 e. The van der Waals surface area contributed by atoms with Gasteiger partial charge >= 0.3 is 0 Å². The van der Waals surface area contributed by atoms with Gasteiger partial charge in [-0.2, -0.15) is 5.10 Å². The first-order chi connectivity index (χ1) is 13.7. The highest BCUT2D eigenvalue weighted by Gasteiger charge is 2.22. The fraction of sp³-hybridized carbons (Fsp3) is 0.273. The zero-order valence-corrected chi connectivity index (χ0v) is 16.4. The van der Waals surface area contributed by atoms with Crippen molar-refractivity contribution in [1.82, 2.24) is 14.7 Å². The second-order valence-electron chi connectivity index (χ2n) is 6.95. The van der Waals surface area contributed by atoms with E-state index < -0.39 is 0 Å². The molecule has 0 bridgehead atoms. The molecule has 2 heterocycles. The van der Waals surface area contributed by atoms with Gasteiger partial charge in [-0.3, -0.25) is 4.79 Å². The first-order valence-electron chi connectivity index (χ1n) is 9.57. The highest BCUT2D eigenvalue weighted by molar-refractivity contribution is 6.33. The van der Waals surface area contributed by atoms with Gasteiger partial charge in [-0.1, -0.05) is 41.9 Å². The number of para-hydroxylation sites is 2. The van der Waals surface area contributed by atoms with Gasteiger partial charge in [0.05, 0.1) is 22.6 Å². The molecule has 144 valence electrons. The molecule has 1 aliphatic rings. The van der Waals surface area contributed by atoms with Crippen LogP contribution in [0.4, 0.5) is 5.69 Å². The van der Waals surface area contributed by atoms with E-state index >= 15 is 0 Å². The zero-order chi connectivity index (χ0) is 19.3. The summed E-state index contributed by atoms with van der Waals surface area (Å²) in [7, 11) is 0. The monoisotopic (exact) mass is 394 g/mol. The highest BCUT2D eigenvalue weighted by atomic mass is 35.5. The number of anilines is 1. The van der Waals surface area contributed by atoms with E-state index in [2.05, 4.69) is 10.00 Å². The van der Waals surface area contributed by atoms with Gasteiger partial charge in [-0.25, -0.2) is 4.68 Å². The molecule has 28 heavy (non-hydrogen) atoms. The minimum atomic E-state index is 0.200. The molecule has 2 aromatic carbocycles. The van der Waals surface area contributed by atoms with Crippen LogP contribution in [0.2, 0.25) is 5.02 Å². The first kappa shape index (κ1) is 18.6. The van der Waals surface area contributed by atoms with E-state index in [4.69, 9.17) is 11.6 Å². The van der Waals surface area contributed by atoms with Gasteiger partial charge in [-0.05, 0) is 36.2 Å². The van der Waals surface area contributed by atoms with Crippen molar-refractivity contribution < 1.29 is 4.79 Å². The molecule has 0 spiro atoms. The van der Waals surface area contributed by atoms with Gasteiger partial charge in [0.15, 0.2) is 0 Å². The van der Waals surface area contributed by atoms with E-state index in [1.807, 2.05) is 76.6 Å². The standard InChI is InChI=1S/C22H23ClN4O/c23-20-8-4-5-9-21(20)25-12-14-26(15-13-25)22(28)11-10-18-16-24-27(17-18)19-6-2-1-3-7-19/h1-9,16-17H,10-15H2. The smallest absolute Gasteiger partial charge is 0.223 e. The number of benzene rings is 2. The Morgan fingerprint density at radius 2 is 1.68 bits per heavy atom. The summed E-state index contributed by atoms with van der Waals surface area (Å²) >= 11 is 6.29. The average Bonchev–Trinajstić information content (AvgIpc) is 3.22. The molecular weight excluding hydrogens is 372 g/mol. The molecule has 1 fully saturated rings.